The van der Waals surface area contributed by atoms with Crippen LogP contribution in [0.3, 0.4) is 0 Å². The first-order chi connectivity index (χ1) is 13.0. The molecule has 1 aromatic carbocycles. The summed E-state index contributed by atoms with van der Waals surface area (Å²) >= 11 is 0. The summed E-state index contributed by atoms with van der Waals surface area (Å²) in [4.78, 5) is 34.7. The first kappa shape index (κ1) is 18.4. The maximum Gasteiger partial charge on any atom is 0.252 e. The van der Waals surface area contributed by atoms with Crippen molar-refractivity contribution in [1.29, 1.82) is 0 Å². The van der Waals surface area contributed by atoms with Crippen LogP contribution in [-0.2, 0) is 11.2 Å². The van der Waals surface area contributed by atoms with E-state index in [-0.39, 0.29) is 17.9 Å². The lowest BCUT2D eigenvalue weighted by atomic mass is 10.2. The number of benzene rings is 1. The molecule has 8 nitrogen and oxygen atoms in total. The van der Waals surface area contributed by atoms with Crippen LogP contribution in [0.25, 0.3) is 11.5 Å². The van der Waals surface area contributed by atoms with Gasteiger partial charge in [-0.25, -0.2) is 9.97 Å². The average molecular weight is 367 g/mol. The van der Waals surface area contributed by atoms with E-state index in [0.717, 1.165) is 5.56 Å². The maximum atomic E-state index is 12.1. The molecule has 1 amide bonds. The van der Waals surface area contributed by atoms with Crippen LogP contribution in [0.2, 0.25) is 0 Å². The zero-order valence-corrected chi connectivity index (χ0v) is 15.2. The zero-order chi connectivity index (χ0) is 19.2. The van der Waals surface area contributed by atoms with Gasteiger partial charge in [-0.3, -0.25) is 14.6 Å². The van der Waals surface area contributed by atoms with E-state index in [4.69, 9.17) is 4.42 Å². The molecule has 0 unspecified atom stereocenters. The molecule has 140 valence electrons. The van der Waals surface area contributed by atoms with Gasteiger partial charge in [0.05, 0.1) is 12.1 Å². The Morgan fingerprint density at radius 3 is 2.67 bits per heavy atom. The summed E-state index contributed by atoms with van der Waals surface area (Å²) in [6, 6.07) is 11.0. The van der Waals surface area contributed by atoms with Gasteiger partial charge in [0.2, 0.25) is 17.7 Å². The van der Waals surface area contributed by atoms with Crippen molar-refractivity contribution in [2.45, 2.75) is 20.3 Å². The minimum Gasteiger partial charge on any atom is -0.441 e. The quantitative estimate of drug-likeness (QED) is 0.549. The van der Waals surface area contributed by atoms with Crippen LogP contribution in [0.1, 0.15) is 17.1 Å². The fraction of sp³-hybridized carbons (Fsp3) is 0.263. The molecule has 0 atom stereocenters. The van der Waals surface area contributed by atoms with Crippen molar-refractivity contribution in [3.8, 4) is 11.5 Å². The van der Waals surface area contributed by atoms with Gasteiger partial charge in [-0.1, -0.05) is 18.2 Å². The van der Waals surface area contributed by atoms with E-state index < -0.39 is 0 Å². The number of oxazole rings is 1. The van der Waals surface area contributed by atoms with E-state index in [9.17, 15) is 9.59 Å². The molecule has 2 aromatic heterocycles. The standard InChI is InChI=1S/C19H21N5O3/c1-12-10-17(26)24-19(22-12)21-9-8-20-16(25)11-15-13(2)27-18(23-15)14-6-4-3-5-7-14/h3-7,10H,8-9,11H2,1-2H3,(H,20,25)(H2,21,22,24,26). The zero-order valence-electron chi connectivity index (χ0n) is 15.2. The van der Waals surface area contributed by atoms with Crippen LogP contribution in [0.15, 0.2) is 45.6 Å². The number of hydrogen-bond donors (Lipinski definition) is 3. The van der Waals surface area contributed by atoms with Gasteiger partial charge in [0.1, 0.15) is 5.76 Å². The Morgan fingerprint density at radius 2 is 1.93 bits per heavy atom. The fourth-order valence-electron chi connectivity index (χ4n) is 2.56. The molecule has 0 aliphatic heterocycles. The number of rotatable bonds is 7. The van der Waals surface area contributed by atoms with Crippen molar-refractivity contribution in [3.63, 3.8) is 0 Å². The summed E-state index contributed by atoms with van der Waals surface area (Å²) in [7, 11) is 0. The third-order valence-corrected chi connectivity index (χ3v) is 3.85. The van der Waals surface area contributed by atoms with E-state index in [0.29, 0.717) is 42.1 Å². The van der Waals surface area contributed by atoms with Crippen LogP contribution in [0, 0.1) is 13.8 Å². The van der Waals surface area contributed by atoms with Crippen molar-refractivity contribution < 1.29 is 9.21 Å². The Bertz CT molecular complexity index is 979. The third-order valence-electron chi connectivity index (χ3n) is 3.85. The van der Waals surface area contributed by atoms with Gasteiger partial charge in [-0.15, -0.1) is 0 Å². The highest BCUT2D eigenvalue weighted by atomic mass is 16.4. The first-order valence-corrected chi connectivity index (χ1v) is 8.61. The highest BCUT2D eigenvalue weighted by molar-refractivity contribution is 5.78. The van der Waals surface area contributed by atoms with Gasteiger partial charge < -0.3 is 15.1 Å². The number of carbonyl (C=O) groups is 1. The molecule has 27 heavy (non-hydrogen) atoms. The summed E-state index contributed by atoms with van der Waals surface area (Å²) in [5.74, 6) is 1.36. The molecule has 0 saturated carbocycles. The number of hydrogen-bond acceptors (Lipinski definition) is 6. The lowest BCUT2D eigenvalue weighted by molar-refractivity contribution is -0.120. The van der Waals surface area contributed by atoms with Crippen LogP contribution >= 0.6 is 0 Å². The number of nitrogens with one attached hydrogen (secondary N) is 3. The summed E-state index contributed by atoms with van der Waals surface area (Å²) in [6.07, 6.45) is 0.141. The van der Waals surface area contributed by atoms with Crippen molar-refractivity contribution in [1.82, 2.24) is 20.3 Å². The molecule has 0 radical (unpaired) electrons. The van der Waals surface area contributed by atoms with Gasteiger partial charge in [0.15, 0.2) is 0 Å². The van der Waals surface area contributed by atoms with E-state index in [1.165, 1.54) is 6.07 Å². The Kier molecular flexibility index (Phi) is 5.65. The first-order valence-electron chi connectivity index (χ1n) is 8.61. The summed E-state index contributed by atoms with van der Waals surface area (Å²) in [5.41, 5.74) is 1.89. The normalized spacial score (nSPS) is 10.6. The fourth-order valence-corrected chi connectivity index (χ4v) is 2.56. The number of aromatic amines is 1. The highest BCUT2D eigenvalue weighted by Gasteiger charge is 2.14. The van der Waals surface area contributed by atoms with Crippen molar-refractivity contribution in [2.24, 2.45) is 0 Å². The van der Waals surface area contributed by atoms with Gasteiger partial charge in [0.25, 0.3) is 5.56 Å². The number of anilines is 1. The molecule has 0 saturated heterocycles. The van der Waals surface area contributed by atoms with Gasteiger partial charge in [-0.2, -0.15) is 0 Å². The minimum absolute atomic E-state index is 0.141. The molecular formula is C19H21N5O3. The van der Waals surface area contributed by atoms with Crippen molar-refractivity contribution in [3.05, 3.63) is 63.9 Å². The second-order valence-electron chi connectivity index (χ2n) is 6.08. The lowest BCUT2D eigenvalue weighted by Gasteiger charge is -2.07. The van der Waals surface area contributed by atoms with E-state index in [1.807, 2.05) is 30.3 Å². The van der Waals surface area contributed by atoms with Crippen LogP contribution in [0.4, 0.5) is 5.95 Å². The summed E-state index contributed by atoms with van der Waals surface area (Å²) < 4.78 is 5.66. The molecule has 0 bridgehead atoms. The summed E-state index contributed by atoms with van der Waals surface area (Å²) in [5, 5.41) is 5.77. The molecular weight excluding hydrogens is 346 g/mol. The maximum absolute atomic E-state index is 12.1. The van der Waals surface area contributed by atoms with Crippen LogP contribution < -0.4 is 16.2 Å². The SMILES string of the molecule is Cc1cc(=O)[nH]c(NCCNC(=O)Cc2nc(-c3ccccc3)oc2C)n1. The third kappa shape index (κ3) is 5.04. The van der Waals surface area contributed by atoms with E-state index >= 15 is 0 Å². The molecule has 3 aromatic rings. The Labute approximate surface area is 156 Å². The number of carbonyl (C=O) groups excluding carboxylic acids is 1. The lowest BCUT2D eigenvalue weighted by Crippen LogP contribution is -2.30. The predicted octanol–water partition coefficient (Wildman–Crippen LogP) is 1.81. The monoisotopic (exact) mass is 367 g/mol. The second kappa shape index (κ2) is 8.31. The predicted molar refractivity (Wildman–Crippen MR) is 101 cm³/mol. The molecule has 0 aliphatic rings. The highest BCUT2D eigenvalue weighted by Crippen LogP contribution is 2.21. The van der Waals surface area contributed by atoms with Crippen molar-refractivity contribution in [2.75, 3.05) is 18.4 Å². The average Bonchev–Trinajstić information content (AvgIpc) is 2.99. The molecule has 0 spiro atoms. The van der Waals surface area contributed by atoms with Gasteiger partial charge in [0, 0.05) is 30.4 Å². The molecule has 0 fully saturated rings. The topological polar surface area (TPSA) is 113 Å². The molecule has 3 rings (SSSR count). The van der Waals surface area contributed by atoms with Gasteiger partial charge >= 0.3 is 0 Å². The molecule has 0 aliphatic carbocycles. The van der Waals surface area contributed by atoms with E-state index in [1.54, 1.807) is 13.8 Å². The Hall–Kier alpha value is -3.42. The van der Waals surface area contributed by atoms with Gasteiger partial charge in [-0.05, 0) is 26.0 Å². The molecule has 8 heteroatoms. The minimum atomic E-state index is -0.218. The van der Waals surface area contributed by atoms with E-state index in [2.05, 4.69) is 25.6 Å². The van der Waals surface area contributed by atoms with Crippen LogP contribution in [0.5, 0.6) is 0 Å². The molecule has 3 N–H and O–H groups in total. The summed E-state index contributed by atoms with van der Waals surface area (Å²) in [6.45, 7) is 4.36. The van der Waals surface area contributed by atoms with Crippen LogP contribution in [-0.4, -0.2) is 33.9 Å². The number of aryl methyl sites for hydroxylation is 2. The largest absolute Gasteiger partial charge is 0.441 e. The number of H-pyrrole nitrogens is 1. The number of aromatic nitrogens is 3. The van der Waals surface area contributed by atoms with Crippen molar-refractivity contribution >= 4 is 11.9 Å². The number of nitrogens with zero attached hydrogens (tertiary/aromatic N) is 2. The smallest absolute Gasteiger partial charge is 0.252 e. The number of amides is 1. The Morgan fingerprint density at radius 1 is 1.15 bits per heavy atom. The molecule has 2 heterocycles. The Balaban J connectivity index is 1.49. The second-order valence-corrected chi connectivity index (χ2v) is 6.08.